The summed E-state index contributed by atoms with van der Waals surface area (Å²) in [6.45, 7) is 5.40. The molecule has 1 aromatic heterocycles. The van der Waals surface area contributed by atoms with Crippen molar-refractivity contribution in [3.8, 4) is 18.0 Å². The highest BCUT2D eigenvalue weighted by atomic mass is 35.5. The Morgan fingerprint density at radius 1 is 1.23 bits per heavy atom. The highest BCUT2D eigenvalue weighted by Crippen LogP contribution is 2.25. The van der Waals surface area contributed by atoms with E-state index in [0.29, 0.717) is 29.1 Å². The van der Waals surface area contributed by atoms with Crippen LogP contribution in [0.1, 0.15) is 38.4 Å². The number of amides is 1. The fourth-order valence-corrected chi connectivity index (χ4v) is 3.74. The Kier molecular flexibility index (Phi) is 7.17. The van der Waals surface area contributed by atoms with Crippen molar-refractivity contribution in [1.29, 1.82) is 0 Å². The monoisotopic (exact) mass is 434 g/mol. The molecule has 0 spiro atoms. The molecule has 1 heterocycles. The molecular formula is C25H27ClN4O. The van der Waals surface area contributed by atoms with E-state index in [9.17, 15) is 4.79 Å². The molecule has 0 fully saturated rings. The summed E-state index contributed by atoms with van der Waals surface area (Å²) in [5, 5.41) is 8.24. The molecule has 2 aromatic carbocycles. The van der Waals surface area contributed by atoms with Gasteiger partial charge in [0.1, 0.15) is 0 Å². The van der Waals surface area contributed by atoms with E-state index in [4.69, 9.17) is 23.1 Å². The van der Waals surface area contributed by atoms with Crippen LogP contribution < -0.4 is 5.32 Å². The molecule has 0 saturated heterocycles. The molecule has 1 amide bonds. The van der Waals surface area contributed by atoms with E-state index in [1.54, 1.807) is 0 Å². The predicted octanol–water partition coefficient (Wildman–Crippen LogP) is 4.01. The largest absolute Gasteiger partial charge is 0.351 e. The number of aryl methyl sites for hydroxylation is 1. The lowest BCUT2D eigenvalue weighted by atomic mass is 9.98. The van der Waals surface area contributed by atoms with Crippen LogP contribution in [0.2, 0.25) is 5.02 Å². The second-order valence-electron chi connectivity index (χ2n) is 7.76. The van der Waals surface area contributed by atoms with Gasteiger partial charge in [0.25, 0.3) is 5.91 Å². The van der Waals surface area contributed by atoms with Crippen LogP contribution in [0.3, 0.4) is 0 Å². The first kappa shape index (κ1) is 22.6. The van der Waals surface area contributed by atoms with Crippen molar-refractivity contribution in [1.82, 2.24) is 20.0 Å². The Balaban J connectivity index is 1.89. The second-order valence-corrected chi connectivity index (χ2v) is 8.17. The van der Waals surface area contributed by atoms with Gasteiger partial charge in [0, 0.05) is 41.9 Å². The number of likely N-dealkylation sites (N-methyl/N-ethyl adjacent to an activating group) is 1. The highest BCUT2D eigenvalue weighted by Gasteiger charge is 2.17. The van der Waals surface area contributed by atoms with Gasteiger partial charge in [0.15, 0.2) is 0 Å². The summed E-state index contributed by atoms with van der Waals surface area (Å²) in [5.74, 6) is 2.51. The van der Waals surface area contributed by atoms with E-state index in [0.717, 1.165) is 34.7 Å². The van der Waals surface area contributed by atoms with Gasteiger partial charge in [-0.2, -0.15) is 5.10 Å². The SMILES string of the molecule is C#Cc1ccc(-n2nc(C)c(Cc3ccccc3C(=O)NCCN(C)C)c2C)cc1Cl. The van der Waals surface area contributed by atoms with Crippen molar-refractivity contribution in [2.24, 2.45) is 0 Å². The number of hydrogen-bond acceptors (Lipinski definition) is 3. The zero-order chi connectivity index (χ0) is 22.5. The average Bonchev–Trinajstić information content (AvgIpc) is 3.02. The van der Waals surface area contributed by atoms with Gasteiger partial charge in [-0.05, 0) is 57.8 Å². The summed E-state index contributed by atoms with van der Waals surface area (Å²) in [7, 11) is 3.97. The van der Waals surface area contributed by atoms with Crippen LogP contribution in [-0.4, -0.2) is 47.8 Å². The number of benzene rings is 2. The Hall–Kier alpha value is -3.07. The topological polar surface area (TPSA) is 50.2 Å². The molecule has 6 heteroatoms. The molecule has 1 N–H and O–H groups in total. The number of nitrogens with zero attached hydrogens (tertiary/aromatic N) is 3. The molecule has 5 nitrogen and oxygen atoms in total. The molecular weight excluding hydrogens is 408 g/mol. The van der Waals surface area contributed by atoms with E-state index in [1.807, 2.05) is 80.0 Å². The molecule has 0 radical (unpaired) electrons. The first-order valence-electron chi connectivity index (χ1n) is 10.1. The molecule has 3 rings (SSSR count). The van der Waals surface area contributed by atoms with Crippen LogP contribution in [0.15, 0.2) is 42.5 Å². The molecule has 0 aliphatic heterocycles. The number of hydrogen-bond donors (Lipinski definition) is 1. The summed E-state index contributed by atoms with van der Waals surface area (Å²) in [5.41, 5.74) is 6.17. The maximum absolute atomic E-state index is 12.8. The van der Waals surface area contributed by atoms with Gasteiger partial charge in [-0.3, -0.25) is 4.79 Å². The molecule has 0 unspecified atom stereocenters. The Morgan fingerprint density at radius 2 is 1.97 bits per heavy atom. The standard InChI is InChI=1S/C25H27ClN4O/c1-6-19-11-12-21(16-24(19)26)30-18(3)23(17(2)28-30)15-20-9-7-8-10-22(20)25(31)27-13-14-29(4)5/h1,7-12,16H,13-15H2,2-5H3,(H,27,31). The number of aromatic nitrogens is 2. The minimum atomic E-state index is -0.0585. The van der Waals surface area contributed by atoms with Gasteiger partial charge in [0.05, 0.1) is 16.4 Å². The van der Waals surface area contributed by atoms with E-state index >= 15 is 0 Å². The molecule has 0 atom stereocenters. The quantitative estimate of drug-likeness (QED) is 0.572. The normalized spacial score (nSPS) is 10.9. The maximum Gasteiger partial charge on any atom is 0.251 e. The number of carbonyl (C=O) groups excluding carboxylic acids is 1. The third-order valence-electron chi connectivity index (χ3n) is 5.27. The molecule has 3 aromatic rings. The Bertz CT molecular complexity index is 1140. The smallest absolute Gasteiger partial charge is 0.251 e. The van der Waals surface area contributed by atoms with Crippen LogP contribution in [-0.2, 0) is 6.42 Å². The fourth-order valence-electron chi connectivity index (χ4n) is 3.51. The van der Waals surface area contributed by atoms with Crippen LogP contribution >= 0.6 is 11.6 Å². The van der Waals surface area contributed by atoms with Crippen molar-refractivity contribution in [3.63, 3.8) is 0 Å². The molecule has 31 heavy (non-hydrogen) atoms. The fraction of sp³-hybridized carbons (Fsp3) is 0.280. The second kappa shape index (κ2) is 9.82. The molecule has 0 aliphatic rings. The zero-order valence-corrected chi connectivity index (χ0v) is 19.1. The van der Waals surface area contributed by atoms with E-state index in [2.05, 4.69) is 11.2 Å². The number of rotatable bonds is 7. The highest BCUT2D eigenvalue weighted by molar-refractivity contribution is 6.31. The maximum atomic E-state index is 12.8. The first-order chi connectivity index (χ1) is 14.8. The van der Waals surface area contributed by atoms with Crippen molar-refractivity contribution in [2.45, 2.75) is 20.3 Å². The summed E-state index contributed by atoms with van der Waals surface area (Å²) in [6.07, 6.45) is 6.09. The van der Waals surface area contributed by atoms with Crippen molar-refractivity contribution >= 4 is 17.5 Å². The molecule has 0 bridgehead atoms. The van der Waals surface area contributed by atoms with Gasteiger partial charge in [-0.1, -0.05) is 35.7 Å². The Labute approximate surface area is 189 Å². The lowest BCUT2D eigenvalue weighted by Gasteiger charge is -2.13. The van der Waals surface area contributed by atoms with Gasteiger partial charge < -0.3 is 10.2 Å². The van der Waals surface area contributed by atoms with Gasteiger partial charge in [-0.15, -0.1) is 6.42 Å². The van der Waals surface area contributed by atoms with Gasteiger partial charge in [-0.25, -0.2) is 4.68 Å². The minimum absolute atomic E-state index is 0.0585. The van der Waals surface area contributed by atoms with Crippen LogP contribution in [0.5, 0.6) is 0 Å². The molecule has 160 valence electrons. The lowest BCUT2D eigenvalue weighted by molar-refractivity contribution is 0.0950. The summed E-state index contributed by atoms with van der Waals surface area (Å²) < 4.78 is 1.87. The van der Waals surface area contributed by atoms with Crippen molar-refractivity contribution in [3.05, 3.63) is 81.1 Å². The van der Waals surface area contributed by atoms with Crippen LogP contribution in [0, 0.1) is 26.2 Å². The van der Waals surface area contributed by atoms with Gasteiger partial charge >= 0.3 is 0 Å². The van der Waals surface area contributed by atoms with E-state index < -0.39 is 0 Å². The zero-order valence-electron chi connectivity index (χ0n) is 18.4. The third kappa shape index (κ3) is 5.16. The minimum Gasteiger partial charge on any atom is -0.351 e. The third-order valence-corrected chi connectivity index (χ3v) is 5.58. The van der Waals surface area contributed by atoms with E-state index in [-0.39, 0.29) is 5.91 Å². The predicted molar refractivity (Wildman–Crippen MR) is 126 cm³/mol. The lowest BCUT2D eigenvalue weighted by Crippen LogP contribution is -2.31. The summed E-state index contributed by atoms with van der Waals surface area (Å²) in [6, 6.07) is 13.3. The molecule has 0 aliphatic carbocycles. The number of carbonyl (C=O) groups is 1. The number of halogens is 1. The average molecular weight is 435 g/mol. The van der Waals surface area contributed by atoms with Crippen LogP contribution in [0.25, 0.3) is 5.69 Å². The summed E-state index contributed by atoms with van der Waals surface area (Å²) >= 11 is 6.29. The molecule has 0 saturated carbocycles. The summed E-state index contributed by atoms with van der Waals surface area (Å²) in [4.78, 5) is 14.8. The van der Waals surface area contributed by atoms with Crippen molar-refractivity contribution < 1.29 is 4.79 Å². The van der Waals surface area contributed by atoms with Crippen LogP contribution in [0.4, 0.5) is 0 Å². The van der Waals surface area contributed by atoms with Crippen molar-refractivity contribution in [2.75, 3.05) is 27.2 Å². The van der Waals surface area contributed by atoms with Gasteiger partial charge in [0.2, 0.25) is 0 Å². The van der Waals surface area contributed by atoms with E-state index in [1.165, 1.54) is 0 Å². The number of terminal acetylenes is 1. The Morgan fingerprint density at radius 3 is 2.65 bits per heavy atom. The number of nitrogens with one attached hydrogen (secondary N) is 1. The first-order valence-corrected chi connectivity index (χ1v) is 10.5.